The Hall–Kier alpha value is -1.91. The average Bonchev–Trinajstić information content (AvgIpc) is 2.13. The Morgan fingerprint density at radius 3 is 2.35 bits per heavy atom. The average molecular weight is 240 g/mol. The number of carbonyl (C=O) groups is 2. The first-order valence-electron chi connectivity index (χ1n) is 4.97. The fourth-order valence-corrected chi connectivity index (χ4v) is 1.24. The van der Waals surface area contributed by atoms with Crippen molar-refractivity contribution in [3.63, 3.8) is 0 Å². The van der Waals surface area contributed by atoms with Crippen LogP contribution in [0.15, 0.2) is 18.2 Å². The number of carbonyl (C=O) groups excluding carboxylic acids is 1. The third kappa shape index (κ3) is 3.27. The van der Waals surface area contributed by atoms with E-state index in [0.717, 1.165) is 12.1 Å². The first-order valence-corrected chi connectivity index (χ1v) is 4.97. The van der Waals surface area contributed by atoms with Gasteiger partial charge in [-0.2, -0.15) is 0 Å². The molecule has 0 radical (unpaired) electrons. The summed E-state index contributed by atoms with van der Waals surface area (Å²) in [5.41, 5.74) is -1.76. The highest BCUT2D eigenvalue weighted by atomic mass is 19.1. The minimum atomic E-state index is -1.37. The SMILES string of the molecule is CC(C)(C)OC(=O)c1c(F)cccc1C(=O)O. The second-order valence-electron chi connectivity index (χ2n) is 4.47. The molecular formula is C12H13FO4. The molecule has 1 rings (SSSR count). The van der Waals surface area contributed by atoms with Crippen LogP contribution in [0.1, 0.15) is 41.5 Å². The Kier molecular flexibility index (Phi) is 3.50. The summed E-state index contributed by atoms with van der Waals surface area (Å²) >= 11 is 0. The molecule has 0 aromatic heterocycles. The summed E-state index contributed by atoms with van der Waals surface area (Å²) in [6.07, 6.45) is 0. The molecule has 4 nitrogen and oxygen atoms in total. The van der Waals surface area contributed by atoms with Crippen molar-refractivity contribution >= 4 is 11.9 Å². The minimum Gasteiger partial charge on any atom is -0.478 e. The third-order valence-electron chi connectivity index (χ3n) is 1.85. The molecule has 1 aromatic rings. The normalized spacial score (nSPS) is 11.1. The molecule has 1 aromatic carbocycles. The van der Waals surface area contributed by atoms with Gasteiger partial charge in [-0.25, -0.2) is 14.0 Å². The summed E-state index contributed by atoms with van der Waals surface area (Å²) in [7, 11) is 0. The molecule has 0 heterocycles. The van der Waals surface area contributed by atoms with Gasteiger partial charge in [-0.3, -0.25) is 0 Å². The van der Waals surface area contributed by atoms with E-state index >= 15 is 0 Å². The van der Waals surface area contributed by atoms with Crippen LogP contribution in [0.5, 0.6) is 0 Å². The molecule has 0 saturated carbocycles. The summed E-state index contributed by atoms with van der Waals surface area (Å²) < 4.78 is 18.4. The molecule has 0 amide bonds. The van der Waals surface area contributed by atoms with Crippen LogP contribution in [0.2, 0.25) is 0 Å². The van der Waals surface area contributed by atoms with Crippen LogP contribution in [0.25, 0.3) is 0 Å². The van der Waals surface area contributed by atoms with Gasteiger partial charge in [0, 0.05) is 0 Å². The minimum absolute atomic E-state index is 0.403. The number of esters is 1. The van der Waals surface area contributed by atoms with Gasteiger partial charge in [-0.1, -0.05) is 6.07 Å². The van der Waals surface area contributed by atoms with Gasteiger partial charge in [0.05, 0.1) is 5.56 Å². The number of halogens is 1. The molecule has 0 saturated heterocycles. The van der Waals surface area contributed by atoms with Crippen molar-refractivity contribution in [2.24, 2.45) is 0 Å². The summed E-state index contributed by atoms with van der Waals surface area (Å²) in [5.74, 6) is -3.25. The van der Waals surface area contributed by atoms with E-state index in [0.29, 0.717) is 0 Å². The van der Waals surface area contributed by atoms with E-state index in [1.54, 1.807) is 20.8 Å². The molecule has 0 aliphatic heterocycles. The molecule has 0 unspecified atom stereocenters. The second kappa shape index (κ2) is 4.53. The number of rotatable bonds is 2. The van der Waals surface area contributed by atoms with Gasteiger partial charge in [-0.15, -0.1) is 0 Å². The number of hydrogen-bond acceptors (Lipinski definition) is 3. The molecule has 0 bridgehead atoms. The van der Waals surface area contributed by atoms with Gasteiger partial charge in [-0.05, 0) is 32.9 Å². The van der Waals surface area contributed by atoms with E-state index in [2.05, 4.69) is 0 Å². The van der Waals surface area contributed by atoms with Gasteiger partial charge in [0.25, 0.3) is 0 Å². The fraction of sp³-hybridized carbons (Fsp3) is 0.333. The van der Waals surface area contributed by atoms with Crippen LogP contribution in [0.3, 0.4) is 0 Å². The van der Waals surface area contributed by atoms with E-state index < -0.39 is 34.5 Å². The first-order chi connectivity index (χ1) is 7.72. The summed E-state index contributed by atoms with van der Waals surface area (Å²) in [4.78, 5) is 22.6. The Bertz CT molecular complexity index is 460. The second-order valence-corrected chi connectivity index (χ2v) is 4.47. The van der Waals surface area contributed by atoms with Crippen molar-refractivity contribution in [2.45, 2.75) is 26.4 Å². The summed E-state index contributed by atoms with van der Waals surface area (Å²) in [5, 5.41) is 8.86. The maximum absolute atomic E-state index is 13.5. The van der Waals surface area contributed by atoms with Crippen LogP contribution in [0, 0.1) is 5.82 Å². The molecule has 0 fully saturated rings. The molecule has 0 aliphatic rings. The van der Waals surface area contributed by atoms with Crippen molar-refractivity contribution in [2.75, 3.05) is 0 Å². The number of carboxylic acids is 1. The van der Waals surface area contributed by atoms with E-state index in [1.807, 2.05) is 0 Å². The lowest BCUT2D eigenvalue weighted by Crippen LogP contribution is -2.26. The Morgan fingerprint density at radius 2 is 1.88 bits per heavy atom. The van der Waals surface area contributed by atoms with E-state index in [4.69, 9.17) is 9.84 Å². The highest BCUT2D eigenvalue weighted by Gasteiger charge is 2.25. The van der Waals surface area contributed by atoms with Crippen molar-refractivity contribution in [1.82, 2.24) is 0 Å². The maximum Gasteiger partial charge on any atom is 0.342 e. The molecule has 92 valence electrons. The lowest BCUT2D eigenvalue weighted by atomic mass is 10.1. The highest BCUT2D eigenvalue weighted by Crippen LogP contribution is 2.18. The van der Waals surface area contributed by atoms with Crippen molar-refractivity contribution < 1.29 is 23.8 Å². The lowest BCUT2D eigenvalue weighted by Gasteiger charge is -2.20. The molecule has 5 heteroatoms. The zero-order valence-corrected chi connectivity index (χ0v) is 9.78. The molecule has 0 spiro atoms. The Balaban J connectivity index is 3.21. The lowest BCUT2D eigenvalue weighted by molar-refractivity contribution is 0.00608. The number of aromatic carboxylic acids is 1. The van der Waals surface area contributed by atoms with Crippen LogP contribution < -0.4 is 0 Å². The van der Waals surface area contributed by atoms with Gasteiger partial charge >= 0.3 is 11.9 Å². The van der Waals surface area contributed by atoms with Crippen LogP contribution in [-0.4, -0.2) is 22.6 Å². The molecule has 17 heavy (non-hydrogen) atoms. The molecule has 0 atom stereocenters. The van der Waals surface area contributed by atoms with Crippen LogP contribution >= 0.6 is 0 Å². The van der Waals surface area contributed by atoms with E-state index in [1.165, 1.54) is 6.07 Å². The Labute approximate surface area is 98.0 Å². The zero-order valence-electron chi connectivity index (χ0n) is 9.78. The maximum atomic E-state index is 13.5. The molecular weight excluding hydrogens is 227 g/mol. The summed E-state index contributed by atoms with van der Waals surface area (Å²) in [6, 6.07) is 3.41. The largest absolute Gasteiger partial charge is 0.478 e. The van der Waals surface area contributed by atoms with E-state index in [-0.39, 0.29) is 0 Å². The standard InChI is InChI=1S/C12H13FO4/c1-12(2,3)17-11(16)9-7(10(14)15)5-4-6-8(9)13/h4-6H,1-3H3,(H,14,15). The topological polar surface area (TPSA) is 63.6 Å². The first kappa shape index (κ1) is 13.2. The smallest absolute Gasteiger partial charge is 0.342 e. The number of ether oxygens (including phenoxy) is 1. The van der Waals surface area contributed by atoms with Crippen LogP contribution in [0.4, 0.5) is 4.39 Å². The van der Waals surface area contributed by atoms with Gasteiger partial charge in [0.15, 0.2) is 0 Å². The predicted molar refractivity (Wildman–Crippen MR) is 58.5 cm³/mol. The quantitative estimate of drug-likeness (QED) is 0.806. The van der Waals surface area contributed by atoms with Crippen molar-refractivity contribution in [1.29, 1.82) is 0 Å². The summed E-state index contributed by atoms with van der Waals surface area (Å²) in [6.45, 7) is 4.85. The fourth-order valence-electron chi connectivity index (χ4n) is 1.24. The van der Waals surface area contributed by atoms with Crippen LogP contribution in [-0.2, 0) is 4.74 Å². The van der Waals surface area contributed by atoms with Crippen molar-refractivity contribution in [3.8, 4) is 0 Å². The number of hydrogen-bond donors (Lipinski definition) is 1. The highest BCUT2D eigenvalue weighted by molar-refractivity contribution is 6.02. The Morgan fingerprint density at radius 1 is 1.29 bits per heavy atom. The van der Waals surface area contributed by atoms with Gasteiger partial charge in [0.2, 0.25) is 0 Å². The van der Waals surface area contributed by atoms with Gasteiger partial charge < -0.3 is 9.84 Å². The van der Waals surface area contributed by atoms with Crippen molar-refractivity contribution in [3.05, 3.63) is 35.1 Å². The predicted octanol–water partition coefficient (Wildman–Crippen LogP) is 2.48. The monoisotopic (exact) mass is 240 g/mol. The zero-order chi connectivity index (χ0) is 13.2. The molecule has 1 N–H and O–H groups in total. The third-order valence-corrected chi connectivity index (χ3v) is 1.85. The van der Waals surface area contributed by atoms with Gasteiger partial charge in [0.1, 0.15) is 17.0 Å². The number of benzene rings is 1. The number of carboxylic acid groups (broad SMARTS) is 1. The van der Waals surface area contributed by atoms with E-state index in [9.17, 15) is 14.0 Å². The molecule has 0 aliphatic carbocycles.